The van der Waals surface area contributed by atoms with Crippen LogP contribution in [0.1, 0.15) is 20.8 Å². The molecule has 0 saturated carbocycles. The van der Waals surface area contributed by atoms with Crippen LogP contribution in [0.25, 0.3) is 0 Å². The highest BCUT2D eigenvalue weighted by Crippen LogP contribution is 2.24. The van der Waals surface area contributed by atoms with Crippen LogP contribution in [0.3, 0.4) is 0 Å². The third-order valence-electron chi connectivity index (χ3n) is 2.58. The Kier molecular flexibility index (Phi) is 3.98. The minimum absolute atomic E-state index is 0.0222. The lowest BCUT2D eigenvalue weighted by atomic mass is 10.2. The van der Waals surface area contributed by atoms with Crippen LogP contribution in [0.4, 0.5) is 5.69 Å². The summed E-state index contributed by atoms with van der Waals surface area (Å²) in [5, 5.41) is 17.9. The molecule has 0 aliphatic carbocycles. The fraction of sp³-hybridized carbons (Fsp3) is 0.0769. The monoisotopic (exact) mass is 289 g/mol. The van der Waals surface area contributed by atoms with Crippen LogP contribution < -0.4 is 10.9 Å². The first-order valence-electron chi connectivity index (χ1n) is 5.79. The molecule has 0 bridgehead atoms. The first-order valence-corrected chi connectivity index (χ1v) is 5.79. The molecule has 2 aromatic rings. The van der Waals surface area contributed by atoms with Crippen molar-refractivity contribution in [3.63, 3.8) is 0 Å². The summed E-state index contributed by atoms with van der Waals surface area (Å²) in [7, 11) is 1.22. The van der Waals surface area contributed by atoms with Gasteiger partial charge >= 0.3 is 5.97 Å². The van der Waals surface area contributed by atoms with Crippen LogP contribution in [-0.4, -0.2) is 34.3 Å². The van der Waals surface area contributed by atoms with Gasteiger partial charge in [0.05, 0.1) is 18.4 Å². The number of H-pyrrole nitrogens is 1. The minimum Gasteiger partial charge on any atom is -0.506 e. The Balaban J connectivity index is 2.19. The number of hydrogen-bond acceptors (Lipinski definition) is 6. The number of carbonyl (C=O) groups excluding carboxylic acids is 2. The van der Waals surface area contributed by atoms with Crippen LogP contribution in [0.15, 0.2) is 35.1 Å². The molecule has 1 aromatic heterocycles. The molecule has 0 spiro atoms. The van der Waals surface area contributed by atoms with E-state index in [1.807, 2.05) is 0 Å². The van der Waals surface area contributed by atoms with Gasteiger partial charge in [0.2, 0.25) is 0 Å². The van der Waals surface area contributed by atoms with Gasteiger partial charge < -0.3 is 15.2 Å². The molecule has 0 aliphatic rings. The normalized spacial score (nSPS) is 9.95. The number of hydrogen-bond donors (Lipinski definition) is 3. The molecule has 2 rings (SSSR count). The molecule has 0 radical (unpaired) electrons. The highest BCUT2D eigenvalue weighted by atomic mass is 16.5. The Morgan fingerprint density at radius 2 is 2.05 bits per heavy atom. The lowest BCUT2D eigenvalue weighted by molar-refractivity contribution is 0.0600. The Bertz CT molecular complexity index is 733. The van der Waals surface area contributed by atoms with E-state index >= 15 is 0 Å². The molecule has 0 aliphatic heterocycles. The second-order valence-corrected chi connectivity index (χ2v) is 3.98. The predicted molar refractivity (Wildman–Crippen MR) is 72.3 cm³/mol. The summed E-state index contributed by atoms with van der Waals surface area (Å²) in [4.78, 5) is 34.0. The maximum absolute atomic E-state index is 11.9. The first-order chi connectivity index (χ1) is 10.0. The van der Waals surface area contributed by atoms with Crippen LogP contribution >= 0.6 is 0 Å². The van der Waals surface area contributed by atoms with Gasteiger partial charge in [-0.05, 0) is 24.3 Å². The van der Waals surface area contributed by atoms with E-state index in [2.05, 4.69) is 20.3 Å². The highest BCUT2D eigenvalue weighted by Gasteiger charge is 2.13. The number of phenols is 1. The molecular formula is C13H11N3O5. The molecule has 0 fully saturated rings. The number of nitrogens with zero attached hydrogens (tertiary/aromatic N) is 1. The van der Waals surface area contributed by atoms with Gasteiger partial charge in [0.25, 0.3) is 11.5 Å². The standard InChI is InChI=1S/C13H11N3O5/c1-21-13(20)7-2-3-8(10(17)6-7)14-12(19)9-4-5-11(18)16-15-9/h2-6,17H,1H3,(H,14,19)(H,16,18). The third kappa shape index (κ3) is 3.24. The molecule has 0 atom stereocenters. The minimum atomic E-state index is -0.618. The van der Waals surface area contributed by atoms with Crippen molar-refractivity contribution in [3.05, 3.63) is 51.9 Å². The summed E-state index contributed by atoms with van der Waals surface area (Å²) in [6, 6.07) is 6.31. The number of carbonyl (C=O) groups is 2. The predicted octanol–water partition coefficient (Wildman–Crippen LogP) is 0.514. The molecule has 8 nitrogen and oxygen atoms in total. The summed E-state index contributed by atoms with van der Waals surface area (Å²) >= 11 is 0. The summed E-state index contributed by atoms with van der Waals surface area (Å²) in [5.41, 5.74) is -0.210. The Morgan fingerprint density at radius 3 is 2.62 bits per heavy atom. The molecule has 108 valence electrons. The molecule has 0 unspecified atom stereocenters. The number of aromatic nitrogens is 2. The van der Waals surface area contributed by atoms with Gasteiger partial charge in [0, 0.05) is 6.07 Å². The molecule has 1 aromatic carbocycles. The van der Waals surface area contributed by atoms with Gasteiger partial charge in [0.1, 0.15) is 11.4 Å². The molecule has 21 heavy (non-hydrogen) atoms. The molecule has 8 heteroatoms. The van der Waals surface area contributed by atoms with Crippen molar-refractivity contribution in [2.75, 3.05) is 12.4 Å². The fourth-order valence-electron chi connectivity index (χ4n) is 1.54. The number of benzene rings is 1. The van der Waals surface area contributed by atoms with Crippen LogP contribution in [0.2, 0.25) is 0 Å². The van der Waals surface area contributed by atoms with E-state index in [9.17, 15) is 19.5 Å². The number of ether oxygens (including phenoxy) is 1. The van der Waals surface area contributed by atoms with Crippen molar-refractivity contribution < 1.29 is 19.4 Å². The molecule has 0 saturated heterocycles. The average Bonchev–Trinajstić information content (AvgIpc) is 2.49. The number of anilines is 1. The summed E-state index contributed by atoms with van der Waals surface area (Å²) < 4.78 is 4.51. The highest BCUT2D eigenvalue weighted by molar-refractivity contribution is 6.04. The summed E-state index contributed by atoms with van der Waals surface area (Å²) in [6.07, 6.45) is 0. The van der Waals surface area contributed by atoms with E-state index in [0.29, 0.717) is 0 Å². The summed E-state index contributed by atoms with van der Waals surface area (Å²) in [6.45, 7) is 0. The van der Waals surface area contributed by atoms with Crippen molar-refractivity contribution >= 4 is 17.6 Å². The molecule has 1 heterocycles. The molecule has 1 amide bonds. The van der Waals surface area contributed by atoms with Crippen LogP contribution in [0, 0.1) is 0 Å². The van der Waals surface area contributed by atoms with Gasteiger partial charge in [-0.1, -0.05) is 0 Å². The largest absolute Gasteiger partial charge is 0.506 e. The third-order valence-corrected chi connectivity index (χ3v) is 2.58. The quantitative estimate of drug-likeness (QED) is 0.559. The topological polar surface area (TPSA) is 121 Å². The number of amides is 1. The van der Waals surface area contributed by atoms with Crippen molar-refractivity contribution in [2.24, 2.45) is 0 Å². The lowest BCUT2D eigenvalue weighted by Gasteiger charge is -2.08. The second kappa shape index (κ2) is 5.87. The van der Waals surface area contributed by atoms with Crippen LogP contribution in [-0.2, 0) is 4.74 Å². The van der Waals surface area contributed by atoms with Gasteiger partial charge in [-0.3, -0.25) is 9.59 Å². The Labute approximate surface area is 118 Å². The fourth-order valence-corrected chi connectivity index (χ4v) is 1.54. The van der Waals surface area contributed by atoms with E-state index < -0.39 is 17.4 Å². The van der Waals surface area contributed by atoms with Gasteiger partial charge in [-0.15, -0.1) is 0 Å². The van der Waals surface area contributed by atoms with Crippen molar-refractivity contribution in [1.82, 2.24) is 10.2 Å². The number of esters is 1. The number of rotatable bonds is 3. The zero-order chi connectivity index (χ0) is 15.4. The number of phenolic OH excluding ortho intramolecular Hbond substituents is 1. The maximum atomic E-state index is 11.9. The van der Waals surface area contributed by atoms with E-state index in [1.54, 1.807) is 0 Å². The Morgan fingerprint density at radius 1 is 1.29 bits per heavy atom. The zero-order valence-electron chi connectivity index (χ0n) is 10.9. The van der Waals surface area contributed by atoms with E-state index in [1.165, 1.54) is 31.4 Å². The molecule has 3 N–H and O–H groups in total. The summed E-state index contributed by atoms with van der Waals surface area (Å²) in [5.74, 6) is -1.52. The lowest BCUT2D eigenvalue weighted by Crippen LogP contribution is -2.17. The van der Waals surface area contributed by atoms with Crippen molar-refractivity contribution in [3.8, 4) is 5.75 Å². The van der Waals surface area contributed by atoms with E-state index in [4.69, 9.17) is 0 Å². The Hall–Kier alpha value is -3.16. The second-order valence-electron chi connectivity index (χ2n) is 3.98. The van der Waals surface area contributed by atoms with E-state index in [0.717, 1.165) is 6.07 Å². The number of methoxy groups -OCH3 is 1. The number of aromatic amines is 1. The smallest absolute Gasteiger partial charge is 0.337 e. The number of aromatic hydroxyl groups is 1. The van der Waals surface area contributed by atoms with Gasteiger partial charge in [0.15, 0.2) is 0 Å². The zero-order valence-corrected chi connectivity index (χ0v) is 10.9. The molecular weight excluding hydrogens is 278 g/mol. The average molecular weight is 289 g/mol. The van der Waals surface area contributed by atoms with Crippen molar-refractivity contribution in [1.29, 1.82) is 0 Å². The number of nitrogens with one attached hydrogen (secondary N) is 2. The SMILES string of the molecule is COC(=O)c1ccc(NC(=O)c2ccc(=O)[nH]n2)c(O)c1. The first kappa shape index (κ1) is 14.3. The van der Waals surface area contributed by atoms with E-state index in [-0.39, 0.29) is 22.7 Å². The van der Waals surface area contributed by atoms with Gasteiger partial charge in [-0.25, -0.2) is 9.89 Å². The maximum Gasteiger partial charge on any atom is 0.337 e. The van der Waals surface area contributed by atoms with Crippen molar-refractivity contribution in [2.45, 2.75) is 0 Å². The van der Waals surface area contributed by atoms with Crippen LogP contribution in [0.5, 0.6) is 5.75 Å². The van der Waals surface area contributed by atoms with Gasteiger partial charge in [-0.2, -0.15) is 5.10 Å².